The lowest BCUT2D eigenvalue weighted by Crippen LogP contribution is -2.14. The Kier molecular flexibility index (Phi) is 5.39. The molecule has 0 aliphatic heterocycles. The van der Waals surface area contributed by atoms with Crippen LogP contribution in [0.3, 0.4) is 0 Å². The van der Waals surface area contributed by atoms with Crippen LogP contribution in [0.25, 0.3) is 0 Å². The number of pyridine rings is 1. The summed E-state index contributed by atoms with van der Waals surface area (Å²) >= 11 is 2.82. The van der Waals surface area contributed by atoms with Crippen molar-refractivity contribution < 1.29 is 4.79 Å². The lowest BCUT2D eigenvalue weighted by atomic mass is 9.89. The van der Waals surface area contributed by atoms with Crippen molar-refractivity contribution in [3.63, 3.8) is 0 Å². The molecule has 28 heavy (non-hydrogen) atoms. The summed E-state index contributed by atoms with van der Waals surface area (Å²) in [6.07, 6.45) is 5.95. The lowest BCUT2D eigenvalue weighted by Gasteiger charge is -2.17. The molecule has 5 nitrogen and oxygen atoms in total. The number of rotatable bonds is 4. The van der Waals surface area contributed by atoms with E-state index >= 15 is 0 Å². The zero-order chi connectivity index (χ0) is 19.7. The zero-order valence-corrected chi connectivity index (χ0v) is 17.3. The van der Waals surface area contributed by atoms with Crippen molar-refractivity contribution in [3.05, 3.63) is 38.9 Å². The number of aromatic nitrogens is 1. The molecule has 1 amide bonds. The fourth-order valence-electron chi connectivity index (χ4n) is 3.90. The smallest absolute Gasteiger partial charge is 0.235 e. The highest BCUT2D eigenvalue weighted by Gasteiger charge is 2.25. The summed E-state index contributed by atoms with van der Waals surface area (Å²) in [5, 5.41) is 23.2. The Morgan fingerprint density at radius 1 is 1.36 bits per heavy atom. The molecule has 7 heteroatoms. The number of nitrogens with one attached hydrogen (secondary N) is 1. The molecule has 2 heterocycles. The number of aryl methyl sites for hydroxylation is 2. The average molecular weight is 409 g/mol. The first-order chi connectivity index (χ1) is 13.6. The van der Waals surface area contributed by atoms with Crippen molar-refractivity contribution in [2.45, 2.75) is 50.5 Å². The molecule has 0 aromatic carbocycles. The molecule has 0 saturated heterocycles. The van der Waals surface area contributed by atoms with Gasteiger partial charge in [0.1, 0.15) is 22.2 Å². The van der Waals surface area contributed by atoms with E-state index in [0.29, 0.717) is 27.1 Å². The van der Waals surface area contributed by atoms with Gasteiger partial charge in [0.05, 0.1) is 16.9 Å². The number of hydrogen-bond acceptors (Lipinski definition) is 6. The fraction of sp³-hybridized carbons (Fsp3) is 0.429. The largest absolute Gasteiger partial charge is 0.316 e. The second-order valence-electron chi connectivity index (χ2n) is 7.42. The monoisotopic (exact) mass is 408 g/mol. The van der Waals surface area contributed by atoms with Gasteiger partial charge < -0.3 is 5.32 Å². The van der Waals surface area contributed by atoms with Crippen molar-refractivity contribution in [2.24, 2.45) is 5.92 Å². The zero-order valence-electron chi connectivity index (χ0n) is 15.7. The molecule has 142 valence electrons. The van der Waals surface area contributed by atoms with Crippen molar-refractivity contribution in [3.8, 4) is 12.1 Å². The van der Waals surface area contributed by atoms with Gasteiger partial charge in [0.2, 0.25) is 5.91 Å². The molecule has 1 atom stereocenters. The molecular weight excluding hydrogens is 388 g/mol. The van der Waals surface area contributed by atoms with Gasteiger partial charge in [0.25, 0.3) is 0 Å². The van der Waals surface area contributed by atoms with Crippen LogP contribution in [0, 0.1) is 28.6 Å². The minimum Gasteiger partial charge on any atom is -0.316 e. The molecule has 0 bridgehead atoms. The second-order valence-corrected chi connectivity index (χ2v) is 9.49. The fourth-order valence-corrected chi connectivity index (χ4v) is 6.05. The number of hydrogen-bond donors (Lipinski definition) is 1. The van der Waals surface area contributed by atoms with Crippen molar-refractivity contribution in [1.29, 1.82) is 10.5 Å². The van der Waals surface area contributed by atoms with Crippen LogP contribution in [0.1, 0.15) is 52.6 Å². The Labute approximate surface area is 172 Å². The average Bonchev–Trinajstić information content (AvgIpc) is 3.27. The van der Waals surface area contributed by atoms with Crippen LogP contribution in [0.4, 0.5) is 5.00 Å². The van der Waals surface area contributed by atoms with Gasteiger partial charge in [-0.1, -0.05) is 18.7 Å². The van der Waals surface area contributed by atoms with E-state index in [2.05, 4.69) is 29.4 Å². The maximum Gasteiger partial charge on any atom is 0.235 e. The quantitative estimate of drug-likeness (QED) is 0.765. The van der Waals surface area contributed by atoms with E-state index in [9.17, 15) is 15.3 Å². The molecule has 0 spiro atoms. The normalized spacial score (nSPS) is 17.3. The van der Waals surface area contributed by atoms with Crippen LogP contribution >= 0.6 is 23.1 Å². The predicted octanol–water partition coefficient (Wildman–Crippen LogP) is 4.23. The summed E-state index contributed by atoms with van der Waals surface area (Å²) in [5.74, 6) is 0.621. The van der Waals surface area contributed by atoms with E-state index in [4.69, 9.17) is 0 Å². The third-order valence-electron chi connectivity index (χ3n) is 5.35. The van der Waals surface area contributed by atoms with Gasteiger partial charge in [-0.2, -0.15) is 10.5 Å². The summed E-state index contributed by atoms with van der Waals surface area (Å²) in [4.78, 5) is 18.4. The first-order valence-corrected chi connectivity index (χ1v) is 11.3. The number of carbonyl (C=O) groups is 1. The number of anilines is 1. The van der Waals surface area contributed by atoms with E-state index in [1.807, 2.05) is 6.07 Å². The van der Waals surface area contributed by atoms with Crippen LogP contribution in [0.2, 0.25) is 0 Å². The molecule has 2 aromatic rings. The van der Waals surface area contributed by atoms with Crippen LogP contribution in [0.5, 0.6) is 0 Å². The standard InChI is InChI=1S/C21H20N4OS2/c1-12-5-6-15-16(10-23)21(28-18(15)7-12)25-19(26)11-27-20-14(9-22)8-13-3-2-4-17(13)24-20/h8,12H,2-7,11H2,1H3,(H,25,26)/t12-/m1/s1. The van der Waals surface area contributed by atoms with E-state index in [1.165, 1.54) is 28.0 Å². The summed E-state index contributed by atoms with van der Waals surface area (Å²) in [7, 11) is 0. The number of nitriles is 2. The van der Waals surface area contributed by atoms with Gasteiger partial charge in [-0.3, -0.25) is 4.79 Å². The van der Waals surface area contributed by atoms with Gasteiger partial charge in [0, 0.05) is 10.6 Å². The maximum atomic E-state index is 12.5. The number of carbonyl (C=O) groups excluding carboxylic acids is 1. The van der Waals surface area contributed by atoms with Crippen LogP contribution in [0.15, 0.2) is 11.1 Å². The molecule has 2 aliphatic carbocycles. The van der Waals surface area contributed by atoms with E-state index < -0.39 is 0 Å². The first-order valence-electron chi connectivity index (χ1n) is 9.49. The molecule has 0 saturated carbocycles. The summed E-state index contributed by atoms with van der Waals surface area (Å²) in [6.45, 7) is 2.22. The first kappa shape index (κ1) is 19.0. The molecule has 4 rings (SSSR count). The van der Waals surface area contributed by atoms with Crippen molar-refractivity contribution in [1.82, 2.24) is 4.98 Å². The lowest BCUT2D eigenvalue weighted by molar-refractivity contribution is -0.113. The van der Waals surface area contributed by atoms with Gasteiger partial charge >= 0.3 is 0 Å². The van der Waals surface area contributed by atoms with Gasteiger partial charge in [-0.25, -0.2) is 4.98 Å². The van der Waals surface area contributed by atoms with Gasteiger partial charge in [-0.15, -0.1) is 11.3 Å². The topological polar surface area (TPSA) is 89.6 Å². The Bertz CT molecular complexity index is 1030. The SMILES string of the molecule is C[C@@H]1CCc2c(sc(NC(=O)CSc3nc4c(cc3C#N)CCC4)c2C#N)C1. The van der Waals surface area contributed by atoms with Crippen LogP contribution < -0.4 is 5.32 Å². The van der Waals surface area contributed by atoms with E-state index in [1.54, 1.807) is 0 Å². The molecule has 0 radical (unpaired) electrons. The highest BCUT2D eigenvalue weighted by molar-refractivity contribution is 8.00. The molecule has 1 N–H and O–H groups in total. The van der Waals surface area contributed by atoms with Crippen molar-refractivity contribution in [2.75, 3.05) is 11.1 Å². The van der Waals surface area contributed by atoms with Gasteiger partial charge in [-0.05, 0) is 61.6 Å². The molecule has 2 aliphatic rings. The van der Waals surface area contributed by atoms with Crippen LogP contribution in [-0.2, 0) is 30.5 Å². The Hall–Kier alpha value is -2.35. The number of thiophene rings is 1. The van der Waals surface area contributed by atoms with Gasteiger partial charge in [0.15, 0.2) is 0 Å². The Morgan fingerprint density at radius 3 is 3.00 bits per heavy atom. The molecular formula is C21H20N4OS2. The minimum atomic E-state index is -0.167. The maximum absolute atomic E-state index is 12.5. The number of fused-ring (bicyclic) bond motifs is 2. The molecule has 0 fully saturated rings. The highest BCUT2D eigenvalue weighted by Crippen LogP contribution is 2.39. The Balaban J connectivity index is 1.46. The number of nitrogens with zero attached hydrogens (tertiary/aromatic N) is 3. The Morgan fingerprint density at radius 2 is 2.21 bits per heavy atom. The third-order valence-corrected chi connectivity index (χ3v) is 7.51. The highest BCUT2D eigenvalue weighted by atomic mass is 32.2. The minimum absolute atomic E-state index is 0.167. The van der Waals surface area contributed by atoms with E-state index in [-0.39, 0.29) is 11.7 Å². The number of thioether (sulfide) groups is 1. The second kappa shape index (κ2) is 7.95. The summed E-state index contributed by atoms with van der Waals surface area (Å²) in [5.41, 5.74) is 4.48. The third kappa shape index (κ3) is 3.65. The summed E-state index contributed by atoms with van der Waals surface area (Å²) < 4.78 is 0. The predicted molar refractivity (Wildman–Crippen MR) is 111 cm³/mol. The van der Waals surface area contributed by atoms with E-state index in [0.717, 1.165) is 55.3 Å². The molecule has 2 aromatic heterocycles. The number of amides is 1. The summed E-state index contributed by atoms with van der Waals surface area (Å²) in [6, 6.07) is 6.39. The van der Waals surface area contributed by atoms with Crippen LogP contribution in [-0.4, -0.2) is 16.6 Å². The van der Waals surface area contributed by atoms with Crippen molar-refractivity contribution >= 4 is 34.0 Å². The molecule has 0 unspecified atom stereocenters.